The Balaban J connectivity index is 2.36. The number of amides is 2. The second-order valence-corrected chi connectivity index (χ2v) is 8.44. The van der Waals surface area contributed by atoms with Gasteiger partial charge in [0.05, 0.1) is 17.7 Å². The Bertz CT molecular complexity index is 669. The maximum Gasteiger partial charge on any atom is 0.408 e. The van der Waals surface area contributed by atoms with Gasteiger partial charge < -0.3 is 25.2 Å². The van der Waals surface area contributed by atoms with E-state index in [9.17, 15) is 19.8 Å². The second-order valence-electron chi connectivity index (χ2n) is 8.44. The molecular weight excluding hydrogens is 348 g/mol. The van der Waals surface area contributed by atoms with E-state index in [-0.39, 0.29) is 12.5 Å². The number of carbonyl (C=O) groups excluding carboxylic acids is 1. The summed E-state index contributed by atoms with van der Waals surface area (Å²) in [4.78, 5) is 25.6. The Labute approximate surface area is 160 Å². The smallest absolute Gasteiger partial charge is 0.408 e. The summed E-state index contributed by atoms with van der Waals surface area (Å²) in [7, 11) is 0. The number of hydrogen-bond acceptors (Lipinski definition) is 4. The number of likely N-dealkylation sites (tertiary alicyclic amines) is 1. The molecule has 1 aromatic rings. The van der Waals surface area contributed by atoms with Crippen LogP contribution in [0.25, 0.3) is 0 Å². The fraction of sp³-hybridized carbons (Fsp3) is 0.600. The van der Waals surface area contributed by atoms with Crippen molar-refractivity contribution in [3.05, 3.63) is 35.9 Å². The van der Waals surface area contributed by atoms with Crippen LogP contribution in [0.15, 0.2) is 30.3 Å². The van der Waals surface area contributed by atoms with Crippen LogP contribution in [-0.4, -0.2) is 57.1 Å². The van der Waals surface area contributed by atoms with Gasteiger partial charge in [0, 0.05) is 12.5 Å². The number of carboxylic acid groups (broad SMARTS) is 1. The van der Waals surface area contributed by atoms with Crippen LogP contribution in [0.1, 0.15) is 40.2 Å². The number of ether oxygens (including phenoxy) is 1. The van der Waals surface area contributed by atoms with E-state index in [0.29, 0.717) is 6.42 Å². The highest BCUT2D eigenvalue weighted by atomic mass is 16.6. The van der Waals surface area contributed by atoms with Crippen molar-refractivity contribution < 1.29 is 24.5 Å². The van der Waals surface area contributed by atoms with Crippen LogP contribution in [0.3, 0.4) is 0 Å². The van der Waals surface area contributed by atoms with Crippen molar-refractivity contribution in [3.8, 4) is 0 Å². The molecule has 2 amide bonds. The van der Waals surface area contributed by atoms with E-state index in [1.54, 1.807) is 34.6 Å². The standard InChI is InChI=1S/C20H30N2O5/c1-13-12-22(18(24)25)15(11-14-9-7-6-8-10-14)16(20(13,5)26)21-17(23)27-19(2,3)4/h6-10,13,15-16,26H,11-12H2,1-5H3,(H,21,23)(H,24,25)/t13-,15?,16+,20-/m0/s1. The highest BCUT2D eigenvalue weighted by Gasteiger charge is 2.51. The summed E-state index contributed by atoms with van der Waals surface area (Å²) in [6.45, 7) is 8.85. The quantitative estimate of drug-likeness (QED) is 0.751. The molecule has 27 heavy (non-hydrogen) atoms. The van der Waals surface area contributed by atoms with Crippen LogP contribution in [0, 0.1) is 5.92 Å². The summed E-state index contributed by atoms with van der Waals surface area (Å²) < 4.78 is 5.34. The van der Waals surface area contributed by atoms with Gasteiger partial charge in [0.25, 0.3) is 0 Å². The zero-order valence-electron chi connectivity index (χ0n) is 16.6. The molecular formula is C20H30N2O5. The van der Waals surface area contributed by atoms with Crippen molar-refractivity contribution in [2.75, 3.05) is 6.54 Å². The molecule has 3 N–H and O–H groups in total. The third kappa shape index (κ3) is 5.13. The molecule has 0 aliphatic carbocycles. The maximum absolute atomic E-state index is 12.4. The van der Waals surface area contributed by atoms with Crippen molar-refractivity contribution in [2.45, 2.75) is 64.3 Å². The largest absolute Gasteiger partial charge is 0.465 e. The summed E-state index contributed by atoms with van der Waals surface area (Å²) in [5, 5.41) is 23.6. The minimum absolute atomic E-state index is 0.187. The number of nitrogens with one attached hydrogen (secondary N) is 1. The van der Waals surface area contributed by atoms with Gasteiger partial charge in [-0.05, 0) is 39.7 Å². The first-order valence-corrected chi connectivity index (χ1v) is 9.17. The molecule has 0 saturated carbocycles. The van der Waals surface area contributed by atoms with Crippen LogP contribution in [-0.2, 0) is 11.2 Å². The van der Waals surface area contributed by atoms with Crippen LogP contribution in [0.2, 0.25) is 0 Å². The number of rotatable bonds is 3. The van der Waals surface area contributed by atoms with Crippen molar-refractivity contribution in [1.82, 2.24) is 10.2 Å². The Hall–Kier alpha value is -2.28. The number of benzene rings is 1. The van der Waals surface area contributed by atoms with Gasteiger partial charge in [-0.15, -0.1) is 0 Å². The maximum atomic E-state index is 12.4. The Morgan fingerprint density at radius 1 is 1.30 bits per heavy atom. The Morgan fingerprint density at radius 2 is 1.89 bits per heavy atom. The predicted molar refractivity (Wildman–Crippen MR) is 102 cm³/mol. The first-order valence-electron chi connectivity index (χ1n) is 9.17. The monoisotopic (exact) mass is 378 g/mol. The molecule has 0 aromatic heterocycles. The summed E-state index contributed by atoms with van der Waals surface area (Å²) in [6.07, 6.45) is -1.38. The molecule has 1 heterocycles. The zero-order chi connectivity index (χ0) is 20.4. The van der Waals surface area contributed by atoms with E-state index < -0.39 is 35.5 Å². The van der Waals surface area contributed by atoms with Crippen LogP contribution < -0.4 is 5.32 Å². The van der Waals surface area contributed by atoms with Crippen molar-refractivity contribution in [3.63, 3.8) is 0 Å². The average Bonchev–Trinajstić information content (AvgIpc) is 2.53. The highest BCUT2D eigenvalue weighted by Crippen LogP contribution is 2.33. The first kappa shape index (κ1) is 21.0. The fourth-order valence-electron chi connectivity index (χ4n) is 3.47. The van der Waals surface area contributed by atoms with Gasteiger partial charge in [-0.25, -0.2) is 9.59 Å². The number of carbonyl (C=O) groups is 2. The fourth-order valence-corrected chi connectivity index (χ4v) is 3.47. The molecule has 1 aromatic carbocycles. The topological polar surface area (TPSA) is 99.1 Å². The minimum atomic E-state index is -1.29. The number of aliphatic hydroxyl groups is 1. The Morgan fingerprint density at radius 3 is 2.41 bits per heavy atom. The lowest BCUT2D eigenvalue weighted by atomic mass is 9.74. The molecule has 7 heteroatoms. The van der Waals surface area contributed by atoms with E-state index in [0.717, 1.165) is 5.56 Å². The van der Waals surface area contributed by atoms with Crippen LogP contribution in [0.5, 0.6) is 0 Å². The van der Waals surface area contributed by atoms with Crippen LogP contribution >= 0.6 is 0 Å². The zero-order valence-corrected chi connectivity index (χ0v) is 16.6. The number of alkyl carbamates (subject to hydrolysis) is 1. The lowest BCUT2D eigenvalue weighted by Gasteiger charge is -2.51. The molecule has 1 unspecified atom stereocenters. The van der Waals surface area contributed by atoms with Gasteiger partial charge in [0.2, 0.25) is 0 Å². The third-order valence-corrected chi connectivity index (χ3v) is 5.09. The van der Waals surface area contributed by atoms with E-state index in [4.69, 9.17) is 4.74 Å². The van der Waals surface area contributed by atoms with Gasteiger partial charge in [-0.1, -0.05) is 37.3 Å². The Kier molecular flexibility index (Phi) is 6.04. The van der Waals surface area contributed by atoms with Crippen molar-refractivity contribution in [1.29, 1.82) is 0 Å². The van der Waals surface area contributed by atoms with E-state index in [2.05, 4.69) is 5.32 Å². The van der Waals surface area contributed by atoms with Crippen LogP contribution in [0.4, 0.5) is 9.59 Å². The first-order chi connectivity index (χ1) is 12.4. The van der Waals surface area contributed by atoms with Gasteiger partial charge in [-0.2, -0.15) is 0 Å². The molecule has 1 fully saturated rings. The normalized spacial score (nSPS) is 28.5. The van der Waals surface area contributed by atoms with Gasteiger partial charge in [-0.3, -0.25) is 0 Å². The SMILES string of the molecule is C[C@H]1CN(C(=O)O)C(Cc2ccccc2)[C@@H](NC(=O)OC(C)(C)C)[C@@]1(C)O. The van der Waals surface area contributed by atoms with Crippen molar-refractivity contribution in [2.24, 2.45) is 5.92 Å². The average molecular weight is 378 g/mol. The molecule has 4 atom stereocenters. The highest BCUT2D eigenvalue weighted by molar-refractivity contribution is 5.70. The lowest BCUT2D eigenvalue weighted by Crippen LogP contribution is -2.71. The molecule has 0 spiro atoms. The molecule has 7 nitrogen and oxygen atoms in total. The third-order valence-electron chi connectivity index (χ3n) is 5.09. The molecule has 150 valence electrons. The van der Waals surface area contributed by atoms with Gasteiger partial charge >= 0.3 is 12.2 Å². The molecule has 1 aliphatic heterocycles. The van der Waals surface area contributed by atoms with Crippen molar-refractivity contribution >= 4 is 12.2 Å². The number of nitrogens with zero attached hydrogens (tertiary/aromatic N) is 1. The lowest BCUT2D eigenvalue weighted by molar-refractivity contribution is -0.0953. The summed E-state index contributed by atoms with van der Waals surface area (Å²) in [5.41, 5.74) is -1.06. The van der Waals surface area contributed by atoms with E-state index in [1.807, 2.05) is 30.3 Å². The van der Waals surface area contributed by atoms with Gasteiger partial charge in [0.1, 0.15) is 5.60 Å². The second kappa shape index (κ2) is 7.76. The van der Waals surface area contributed by atoms with E-state index in [1.165, 1.54) is 4.90 Å². The molecule has 1 saturated heterocycles. The number of hydrogen-bond donors (Lipinski definition) is 3. The summed E-state index contributed by atoms with van der Waals surface area (Å²) in [6, 6.07) is 8.00. The van der Waals surface area contributed by atoms with Gasteiger partial charge in [0.15, 0.2) is 0 Å². The predicted octanol–water partition coefficient (Wildman–Crippen LogP) is 2.87. The minimum Gasteiger partial charge on any atom is -0.465 e. The summed E-state index contributed by atoms with van der Waals surface area (Å²) in [5.74, 6) is -0.361. The van der Waals surface area contributed by atoms with E-state index >= 15 is 0 Å². The molecule has 2 rings (SSSR count). The molecule has 0 bridgehead atoms. The molecule has 0 radical (unpaired) electrons. The molecule has 1 aliphatic rings. The number of piperidine rings is 1. The summed E-state index contributed by atoms with van der Waals surface area (Å²) >= 11 is 0.